The van der Waals surface area contributed by atoms with Crippen molar-refractivity contribution in [2.45, 2.75) is 32.3 Å². The van der Waals surface area contributed by atoms with Crippen molar-refractivity contribution in [1.82, 2.24) is 9.97 Å². The number of aryl methyl sites for hydroxylation is 1. The Labute approximate surface area is 101 Å². The van der Waals surface area contributed by atoms with E-state index in [2.05, 4.69) is 20.7 Å². The minimum Gasteiger partial charge on any atom is -0.378 e. The van der Waals surface area contributed by atoms with Crippen LogP contribution in [0.15, 0.2) is 6.07 Å². The molecule has 6 heteroatoms. The second-order valence-electron chi connectivity index (χ2n) is 4.21. The molecule has 94 valence electrons. The molecular formula is C11H19N5O. The average Bonchev–Trinajstić information content (AvgIpc) is 2.81. The van der Waals surface area contributed by atoms with Crippen LogP contribution in [0.3, 0.4) is 0 Å². The van der Waals surface area contributed by atoms with E-state index in [-0.39, 0.29) is 0 Å². The summed E-state index contributed by atoms with van der Waals surface area (Å²) in [5.41, 5.74) is 3.33. The molecule has 1 aromatic rings. The van der Waals surface area contributed by atoms with Crippen LogP contribution in [-0.2, 0) is 4.74 Å². The first-order valence-electron chi connectivity index (χ1n) is 5.95. The maximum atomic E-state index is 5.55. The summed E-state index contributed by atoms with van der Waals surface area (Å²) in [7, 11) is 0. The maximum absolute atomic E-state index is 5.55. The molecule has 17 heavy (non-hydrogen) atoms. The van der Waals surface area contributed by atoms with E-state index in [4.69, 9.17) is 10.6 Å². The topological polar surface area (TPSA) is 85.1 Å². The Balaban J connectivity index is 1.83. The fraction of sp³-hybridized carbons (Fsp3) is 0.636. The van der Waals surface area contributed by atoms with E-state index in [1.54, 1.807) is 0 Å². The predicted molar refractivity (Wildman–Crippen MR) is 66.7 cm³/mol. The zero-order valence-corrected chi connectivity index (χ0v) is 10.1. The van der Waals surface area contributed by atoms with Gasteiger partial charge in [-0.05, 0) is 26.2 Å². The fourth-order valence-corrected chi connectivity index (χ4v) is 1.96. The number of nitrogens with zero attached hydrogens (tertiary/aromatic N) is 2. The normalized spacial score (nSPS) is 19.3. The van der Waals surface area contributed by atoms with Gasteiger partial charge in [-0.3, -0.25) is 5.43 Å². The summed E-state index contributed by atoms with van der Waals surface area (Å²) in [6, 6.07) is 1.90. The van der Waals surface area contributed by atoms with E-state index in [1.165, 1.54) is 12.8 Å². The molecule has 2 rings (SSSR count). The number of ether oxygens (including phenoxy) is 1. The van der Waals surface area contributed by atoms with Crippen molar-refractivity contribution in [2.24, 2.45) is 5.84 Å². The van der Waals surface area contributed by atoms with Gasteiger partial charge in [-0.25, -0.2) is 10.8 Å². The summed E-state index contributed by atoms with van der Waals surface area (Å²) in [5, 5.41) is 3.26. The van der Waals surface area contributed by atoms with Gasteiger partial charge in [-0.1, -0.05) is 0 Å². The number of hydrogen-bond acceptors (Lipinski definition) is 6. The lowest BCUT2D eigenvalue weighted by molar-refractivity contribution is 0.107. The molecule has 0 amide bonds. The molecule has 0 saturated carbocycles. The molecule has 1 atom stereocenters. The molecule has 4 N–H and O–H groups in total. The molecule has 0 spiro atoms. The van der Waals surface area contributed by atoms with Crippen molar-refractivity contribution in [2.75, 3.05) is 23.9 Å². The van der Waals surface area contributed by atoms with Crippen LogP contribution in [0.4, 0.5) is 11.8 Å². The van der Waals surface area contributed by atoms with E-state index in [0.717, 1.165) is 31.1 Å². The summed E-state index contributed by atoms with van der Waals surface area (Å²) in [4.78, 5) is 8.34. The van der Waals surface area contributed by atoms with Gasteiger partial charge in [0.1, 0.15) is 5.82 Å². The van der Waals surface area contributed by atoms with Crippen LogP contribution < -0.4 is 16.6 Å². The first-order valence-corrected chi connectivity index (χ1v) is 5.95. The Kier molecular flexibility index (Phi) is 4.11. The van der Waals surface area contributed by atoms with Gasteiger partial charge in [0.15, 0.2) is 0 Å². The van der Waals surface area contributed by atoms with Gasteiger partial charge in [0.25, 0.3) is 0 Å². The second kappa shape index (κ2) is 5.79. The third-order valence-corrected chi connectivity index (χ3v) is 2.78. The van der Waals surface area contributed by atoms with Gasteiger partial charge in [0.05, 0.1) is 6.10 Å². The van der Waals surface area contributed by atoms with E-state index in [9.17, 15) is 0 Å². The smallest absolute Gasteiger partial charge is 0.239 e. The molecular weight excluding hydrogens is 218 g/mol. The van der Waals surface area contributed by atoms with Crippen LogP contribution >= 0.6 is 0 Å². The van der Waals surface area contributed by atoms with Crippen molar-refractivity contribution in [3.05, 3.63) is 11.8 Å². The predicted octanol–water partition coefficient (Wildman–Crippen LogP) is 1.05. The Morgan fingerprint density at radius 1 is 1.53 bits per heavy atom. The molecule has 0 radical (unpaired) electrons. The van der Waals surface area contributed by atoms with Crippen LogP contribution in [0, 0.1) is 6.92 Å². The molecule has 6 nitrogen and oxygen atoms in total. The minimum absolute atomic E-state index is 0.400. The van der Waals surface area contributed by atoms with Gasteiger partial charge in [-0.15, -0.1) is 0 Å². The highest BCUT2D eigenvalue weighted by atomic mass is 16.5. The molecule has 1 aromatic heterocycles. The van der Waals surface area contributed by atoms with E-state index >= 15 is 0 Å². The first-order chi connectivity index (χ1) is 8.28. The second-order valence-corrected chi connectivity index (χ2v) is 4.21. The highest BCUT2D eigenvalue weighted by Crippen LogP contribution is 2.15. The van der Waals surface area contributed by atoms with Crippen molar-refractivity contribution in [1.29, 1.82) is 0 Å². The number of anilines is 2. The Hall–Kier alpha value is -1.40. The summed E-state index contributed by atoms with van der Waals surface area (Å²) in [6.07, 6.45) is 3.75. The van der Waals surface area contributed by atoms with Crippen LogP contribution in [0.2, 0.25) is 0 Å². The minimum atomic E-state index is 0.400. The number of aromatic nitrogens is 2. The van der Waals surface area contributed by atoms with Gasteiger partial charge >= 0.3 is 0 Å². The molecule has 1 saturated heterocycles. The number of hydrazine groups is 1. The van der Waals surface area contributed by atoms with Gasteiger partial charge in [-0.2, -0.15) is 4.98 Å². The largest absolute Gasteiger partial charge is 0.378 e. The van der Waals surface area contributed by atoms with Crippen LogP contribution in [-0.4, -0.2) is 29.2 Å². The van der Waals surface area contributed by atoms with Crippen LogP contribution in [0.5, 0.6) is 0 Å². The molecule has 2 heterocycles. The molecule has 1 aliphatic heterocycles. The SMILES string of the molecule is Cc1cc(NCCC2CCCO2)nc(NN)n1. The Morgan fingerprint density at radius 2 is 2.41 bits per heavy atom. The first kappa shape index (κ1) is 12.1. The number of nitrogens with two attached hydrogens (primary N) is 1. The number of hydrogen-bond donors (Lipinski definition) is 3. The lowest BCUT2D eigenvalue weighted by Crippen LogP contribution is -2.15. The molecule has 0 aromatic carbocycles. The zero-order valence-electron chi connectivity index (χ0n) is 10.1. The monoisotopic (exact) mass is 237 g/mol. The summed E-state index contributed by atoms with van der Waals surface area (Å²) in [5.74, 6) is 6.52. The molecule has 1 fully saturated rings. The average molecular weight is 237 g/mol. The summed E-state index contributed by atoms with van der Waals surface area (Å²) >= 11 is 0. The quantitative estimate of drug-likeness (QED) is 0.524. The highest BCUT2D eigenvalue weighted by molar-refractivity contribution is 5.41. The maximum Gasteiger partial charge on any atom is 0.239 e. The van der Waals surface area contributed by atoms with Crippen LogP contribution in [0.25, 0.3) is 0 Å². The van der Waals surface area contributed by atoms with Crippen molar-refractivity contribution in [3.63, 3.8) is 0 Å². The van der Waals surface area contributed by atoms with Gasteiger partial charge < -0.3 is 10.1 Å². The van der Waals surface area contributed by atoms with Gasteiger partial charge in [0, 0.05) is 24.9 Å². The summed E-state index contributed by atoms with van der Waals surface area (Å²) < 4.78 is 5.55. The lowest BCUT2D eigenvalue weighted by Gasteiger charge is -2.11. The van der Waals surface area contributed by atoms with E-state index < -0.39 is 0 Å². The number of nitrogen functional groups attached to an aromatic ring is 1. The Morgan fingerprint density at radius 3 is 3.12 bits per heavy atom. The fourth-order valence-electron chi connectivity index (χ4n) is 1.96. The van der Waals surface area contributed by atoms with E-state index in [1.807, 2.05) is 13.0 Å². The molecule has 0 aliphatic carbocycles. The highest BCUT2D eigenvalue weighted by Gasteiger charge is 2.14. The number of nitrogens with one attached hydrogen (secondary N) is 2. The summed E-state index contributed by atoms with van der Waals surface area (Å²) in [6.45, 7) is 3.66. The van der Waals surface area contributed by atoms with Crippen molar-refractivity contribution >= 4 is 11.8 Å². The number of rotatable bonds is 5. The van der Waals surface area contributed by atoms with Crippen molar-refractivity contribution in [3.8, 4) is 0 Å². The van der Waals surface area contributed by atoms with Gasteiger partial charge in [0.2, 0.25) is 5.95 Å². The molecule has 0 bridgehead atoms. The molecule has 1 unspecified atom stereocenters. The lowest BCUT2D eigenvalue weighted by atomic mass is 10.2. The van der Waals surface area contributed by atoms with E-state index in [0.29, 0.717) is 12.1 Å². The zero-order chi connectivity index (χ0) is 12.1. The van der Waals surface area contributed by atoms with Crippen LogP contribution in [0.1, 0.15) is 25.0 Å². The third-order valence-electron chi connectivity index (χ3n) is 2.78. The standard InChI is InChI=1S/C11H19N5O/c1-8-7-10(15-11(14-8)16-12)13-5-4-9-3-2-6-17-9/h7,9H,2-6,12H2,1H3,(H2,13,14,15,16). The third kappa shape index (κ3) is 3.54. The Bertz CT molecular complexity index is 365. The molecule has 1 aliphatic rings. The van der Waals surface area contributed by atoms with Crippen molar-refractivity contribution < 1.29 is 4.74 Å².